The van der Waals surface area contributed by atoms with Crippen LogP contribution in [0.3, 0.4) is 0 Å². The second-order valence-electron chi connectivity index (χ2n) is 10.0. The molecule has 3 aromatic rings. The fourth-order valence-electron chi connectivity index (χ4n) is 4.19. The van der Waals surface area contributed by atoms with E-state index in [9.17, 15) is 26.8 Å². The van der Waals surface area contributed by atoms with Crippen molar-refractivity contribution in [3.8, 4) is 17.2 Å². The number of amides is 1. The van der Waals surface area contributed by atoms with Crippen molar-refractivity contribution in [2.75, 3.05) is 25.6 Å². The minimum absolute atomic E-state index is 0.0227. The number of carbonyl (C=O) groups is 2. The molecular weight excluding hydrogens is 659 g/mol. The highest BCUT2D eigenvalue weighted by Crippen LogP contribution is 2.38. The summed E-state index contributed by atoms with van der Waals surface area (Å²) >= 11 is 12.7. The summed E-state index contributed by atoms with van der Waals surface area (Å²) in [6.07, 6.45) is 3.70. The number of rotatable bonds is 15. The molecule has 0 spiro atoms. The first-order valence-electron chi connectivity index (χ1n) is 13.6. The average Bonchev–Trinajstić information content (AvgIpc) is 3.81. The Balaban J connectivity index is 1.57. The summed E-state index contributed by atoms with van der Waals surface area (Å²) in [6.45, 7) is -2.33. The van der Waals surface area contributed by atoms with E-state index in [-0.39, 0.29) is 50.9 Å². The van der Waals surface area contributed by atoms with Gasteiger partial charge in [0.2, 0.25) is 15.9 Å². The normalized spacial score (nSPS) is 13.7. The fourth-order valence-corrected chi connectivity index (χ4v) is 5.71. The topological polar surface area (TPSA) is 143 Å². The number of methoxy groups -OCH3 is 1. The minimum Gasteiger partial charge on any atom is -0.495 e. The molecule has 16 heteroatoms. The summed E-state index contributed by atoms with van der Waals surface area (Å²) in [5.74, 6) is -1.06. The quantitative estimate of drug-likeness (QED) is 0.213. The molecule has 1 aliphatic carbocycles. The lowest BCUT2D eigenvalue weighted by atomic mass is 10.0. The molecule has 1 heterocycles. The molecule has 0 unspecified atom stereocenters. The lowest BCUT2D eigenvalue weighted by Gasteiger charge is -2.21. The number of halogens is 4. The Morgan fingerprint density at radius 2 is 1.73 bits per heavy atom. The number of alkyl halides is 2. The third-order valence-corrected chi connectivity index (χ3v) is 8.66. The number of sulfonamides is 1. The molecule has 1 saturated carbocycles. The molecule has 11 nitrogen and oxygen atoms in total. The zero-order valence-corrected chi connectivity index (χ0v) is 26.4. The smallest absolute Gasteiger partial charge is 0.387 e. The summed E-state index contributed by atoms with van der Waals surface area (Å²) in [6, 6.07) is 7.87. The largest absolute Gasteiger partial charge is 0.495 e. The highest BCUT2D eigenvalue weighted by molar-refractivity contribution is 7.89. The fraction of sp³-hybridized carbons (Fsp3) is 0.345. The molecular formula is C29H30Cl2F2N3O8S+. The molecule has 1 aromatic heterocycles. The van der Waals surface area contributed by atoms with Crippen LogP contribution in [0.25, 0.3) is 0 Å². The maximum atomic E-state index is 13.1. The van der Waals surface area contributed by atoms with Crippen molar-refractivity contribution in [2.24, 2.45) is 5.92 Å². The van der Waals surface area contributed by atoms with Crippen LogP contribution >= 0.6 is 23.2 Å². The molecule has 0 radical (unpaired) electrons. The van der Waals surface area contributed by atoms with Gasteiger partial charge in [0.15, 0.2) is 23.9 Å². The van der Waals surface area contributed by atoms with Crippen LogP contribution in [-0.4, -0.2) is 47.2 Å². The molecule has 0 saturated heterocycles. The number of anilines is 1. The highest BCUT2D eigenvalue weighted by atomic mass is 35.5. The minimum atomic E-state index is -4.26. The number of aromatic amines is 1. The lowest BCUT2D eigenvalue weighted by molar-refractivity contribution is -0.377. The summed E-state index contributed by atoms with van der Waals surface area (Å²) in [5, 5.41) is 2.96. The summed E-state index contributed by atoms with van der Waals surface area (Å²) in [7, 11) is -2.90. The van der Waals surface area contributed by atoms with Gasteiger partial charge in [-0.3, -0.25) is 9.59 Å². The molecule has 1 aliphatic rings. The average molecular weight is 690 g/mol. The Bertz CT molecular complexity index is 1640. The SMILES string of the molecule is COc1ccc(S(=O)(=O)NCC(=O)O[C@@H](Cc2c(Cl)c[nH+]cc2Cl)c2ccc(OC(F)F)c(OCC3CC3)c2)cc1NC(C)=O. The van der Waals surface area contributed by atoms with E-state index in [0.717, 1.165) is 12.8 Å². The van der Waals surface area contributed by atoms with Gasteiger partial charge in [-0.15, -0.1) is 0 Å². The molecule has 0 bridgehead atoms. The Labute approximate surface area is 268 Å². The Kier molecular flexibility index (Phi) is 11.4. The number of benzene rings is 2. The Morgan fingerprint density at radius 1 is 1.04 bits per heavy atom. The number of nitrogens with one attached hydrogen (secondary N) is 3. The maximum Gasteiger partial charge on any atom is 0.387 e. The number of pyridine rings is 1. The van der Waals surface area contributed by atoms with E-state index < -0.39 is 41.2 Å². The molecule has 0 aliphatic heterocycles. The molecule has 3 N–H and O–H groups in total. The Morgan fingerprint density at radius 3 is 2.36 bits per heavy atom. The molecule has 1 atom stereocenters. The van der Waals surface area contributed by atoms with Crippen LogP contribution in [0.4, 0.5) is 14.5 Å². The number of hydrogen-bond acceptors (Lipinski definition) is 8. The standard InChI is InChI=1S/C29H29Cl2F2N3O8S/c1-16(37)36-23-10-19(6-8-24(23)41-2)45(39,40)35-14-28(38)43-26(11-20-21(30)12-34-13-22(20)31)18-5-7-25(44-29(32)33)27(9-18)42-15-17-3-4-17/h5-10,12-13,17,26,29,35H,3-4,11,14-15H2,1-2H3,(H,36,37)/p+1/t26-/m0/s1. The van der Waals surface area contributed by atoms with E-state index in [0.29, 0.717) is 17.0 Å². The molecule has 2 aromatic carbocycles. The van der Waals surface area contributed by atoms with Gasteiger partial charge in [0, 0.05) is 18.9 Å². The number of ether oxygens (including phenoxy) is 4. The van der Waals surface area contributed by atoms with E-state index in [1.807, 2.05) is 0 Å². The number of esters is 1. The van der Waals surface area contributed by atoms with Crippen LogP contribution in [0.5, 0.6) is 17.2 Å². The van der Waals surface area contributed by atoms with Gasteiger partial charge in [0.05, 0.1) is 24.3 Å². The molecule has 242 valence electrons. The van der Waals surface area contributed by atoms with Crippen LogP contribution < -0.4 is 29.2 Å². The van der Waals surface area contributed by atoms with E-state index in [1.165, 1.54) is 62.8 Å². The maximum absolute atomic E-state index is 13.1. The van der Waals surface area contributed by atoms with E-state index in [2.05, 4.69) is 19.8 Å². The molecule has 4 rings (SSSR count). The first-order valence-corrected chi connectivity index (χ1v) is 15.8. The van der Waals surface area contributed by atoms with Crippen molar-refractivity contribution < 1.29 is 50.7 Å². The van der Waals surface area contributed by atoms with Crippen LogP contribution in [0.15, 0.2) is 53.7 Å². The second kappa shape index (κ2) is 15.0. The van der Waals surface area contributed by atoms with Gasteiger partial charge >= 0.3 is 12.6 Å². The van der Waals surface area contributed by atoms with Gasteiger partial charge in [-0.2, -0.15) is 13.5 Å². The van der Waals surface area contributed by atoms with Crippen LogP contribution in [0.2, 0.25) is 10.0 Å². The van der Waals surface area contributed by atoms with Crippen molar-refractivity contribution in [3.63, 3.8) is 0 Å². The summed E-state index contributed by atoms with van der Waals surface area (Å²) < 4.78 is 75.6. The summed E-state index contributed by atoms with van der Waals surface area (Å²) in [4.78, 5) is 27.1. The van der Waals surface area contributed by atoms with Gasteiger partial charge in [0.25, 0.3) is 0 Å². The third kappa shape index (κ3) is 9.63. The van der Waals surface area contributed by atoms with Gasteiger partial charge in [0.1, 0.15) is 28.4 Å². The van der Waals surface area contributed by atoms with Gasteiger partial charge < -0.3 is 24.3 Å². The predicted molar refractivity (Wildman–Crippen MR) is 159 cm³/mol. The van der Waals surface area contributed by atoms with Gasteiger partial charge in [-0.05, 0) is 54.7 Å². The zero-order chi connectivity index (χ0) is 32.7. The van der Waals surface area contributed by atoms with Crippen molar-refractivity contribution in [2.45, 2.75) is 43.8 Å². The Hall–Kier alpha value is -3.72. The number of carbonyl (C=O) groups excluding carboxylic acids is 2. The highest BCUT2D eigenvalue weighted by Gasteiger charge is 2.27. The predicted octanol–water partition coefficient (Wildman–Crippen LogP) is 4.97. The first-order chi connectivity index (χ1) is 21.4. The van der Waals surface area contributed by atoms with E-state index in [4.69, 9.17) is 37.4 Å². The second-order valence-corrected chi connectivity index (χ2v) is 12.6. The van der Waals surface area contributed by atoms with Crippen molar-refractivity contribution in [1.29, 1.82) is 0 Å². The van der Waals surface area contributed by atoms with Gasteiger partial charge in [-0.25, -0.2) is 13.4 Å². The number of hydrogen-bond donors (Lipinski definition) is 2. The summed E-state index contributed by atoms with van der Waals surface area (Å²) in [5.41, 5.74) is 0.851. The van der Waals surface area contributed by atoms with Crippen molar-refractivity contribution in [1.82, 2.24) is 4.72 Å². The van der Waals surface area contributed by atoms with Crippen LogP contribution in [-0.2, 0) is 30.8 Å². The van der Waals surface area contributed by atoms with Crippen LogP contribution in [0, 0.1) is 5.92 Å². The zero-order valence-electron chi connectivity index (χ0n) is 24.1. The van der Waals surface area contributed by atoms with Gasteiger partial charge in [-0.1, -0.05) is 29.3 Å². The molecule has 1 amide bonds. The van der Waals surface area contributed by atoms with Crippen LogP contribution in [0.1, 0.15) is 37.0 Å². The van der Waals surface area contributed by atoms with Crippen molar-refractivity contribution in [3.05, 3.63) is 70.0 Å². The number of H-pyrrole nitrogens is 1. The molecule has 45 heavy (non-hydrogen) atoms. The lowest BCUT2D eigenvalue weighted by Crippen LogP contribution is -2.31. The van der Waals surface area contributed by atoms with E-state index >= 15 is 0 Å². The monoisotopic (exact) mass is 688 g/mol. The van der Waals surface area contributed by atoms with E-state index in [1.54, 1.807) is 0 Å². The first kappa shape index (κ1) is 34.2. The molecule has 1 fully saturated rings. The third-order valence-electron chi connectivity index (χ3n) is 6.59. The number of aromatic nitrogens is 1. The van der Waals surface area contributed by atoms with Crippen molar-refractivity contribution >= 4 is 50.8 Å².